The van der Waals surface area contributed by atoms with Crippen LogP contribution in [0.25, 0.3) is 0 Å². The van der Waals surface area contributed by atoms with E-state index < -0.39 is 0 Å². The summed E-state index contributed by atoms with van der Waals surface area (Å²) in [6, 6.07) is 0. The second-order valence-corrected chi connectivity index (χ2v) is 5.43. The molecule has 1 aliphatic carbocycles. The molecule has 0 aromatic carbocycles. The fourth-order valence-electron chi connectivity index (χ4n) is 1.37. The fraction of sp³-hybridized carbons (Fsp3) is 1.00. The summed E-state index contributed by atoms with van der Waals surface area (Å²) in [4.78, 5) is 0. The van der Waals surface area contributed by atoms with Crippen molar-refractivity contribution in [3.63, 3.8) is 0 Å². The van der Waals surface area contributed by atoms with Gasteiger partial charge in [0.25, 0.3) is 0 Å². The van der Waals surface area contributed by atoms with Crippen LogP contribution in [0, 0.1) is 5.92 Å². The molecule has 0 amide bonds. The molecule has 0 N–H and O–H groups in total. The maximum Gasteiger partial charge on any atom is 0.0112 e. The topological polar surface area (TPSA) is 0 Å². The molecule has 0 spiro atoms. The molecule has 0 radical (unpaired) electrons. The van der Waals surface area contributed by atoms with E-state index in [-0.39, 0.29) is 0 Å². The zero-order valence-corrected chi connectivity index (χ0v) is 9.76. The van der Waals surface area contributed by atoms with E-state index in [0.717, 1.165) is 9.84 Å². The Bertz CT molecular complexity index is 83.0. The highest BCUT2D eigenvalue weighted by Gasteiger charge is 2.17. The summed E-state index contributed by atoms with van der Waals surface area (Å²) in [7, 11) is 0. The Morgan fingerprint density at radius 3 is 2.56 bits per heavy atom. The molecule has 54 valence electrons. The van der Waals surface area contributed by atoms with Crippen LogP contribution in [0.5, 0.6) is 0 Å². The molecular formula is C7H12I2. The molecule has 1 aliphatic rings. The van der Waals surface area contributed by atoms with Crippen molar-refractivity contribution in [2.24, 2.45) is 5.92 Å². The minimum atomic E-state index is 0.983. The normalized spacial score (nSPS) is 36.7. The van der Waals surface area contributed by atoms with Crippen LogP contribution in [-0.4, -0.2) is 8.35 Å². The zero-order chi connectivity index (χ0) is 6.69. The van der Waals surface area contributed by atoms with Crippen molar-refractivity contribution < 1.29 is 0 Å². The summed E-state index contributed by atoms with van der Waals surface area (Å²) in [5.74, 6) is 1.04. The van der Waals surface area contributed by atoms with Gasteiger partial charge in [0.1, 0.15) is 0 Å². The quantitative estimate of drug-likeness (QED) is 0.502. The van der Waals surface area contributed by atoms with Gasteiger partial charge < -0.3 is 0 Å². The first-order chi connectivity index (χ1) is 4.33. The Balaban J connectivity index is 2.23. The van der Waals surface area contributed by atoms with Gasteiger partial charge in [0.2, 0.25) is 0 Å². The van der Waals surface area contributed by atoms with Crippen molar-refractivity contribution in [1.82, 2.24) is 0 Å². The summed E-state index contributed by atoms with van der Waals surface area (Å²) in [5, 5.41) is 0. The first kappa shape index (κ1) is 8.56. The van der Waals surface area contributed by atoms with Gasteiger partial charge in [0.15, 0.2) is 0 Å². The molecule has 1 fully saturated rings. The molecule has 0 nitrogen and oxygen atoms in total. The molecule has 1 rings (SSSR count). The largest absolute Gasteiger partial charge is 0.0861 e. The van der Waals surface area contributed by atoms with E-state index in [1.807, 2.05) is 0 Å². The Hall–Kier alpha value is 1.46. The number of halogens is 2. The van der Waals surface area contributed by atoms with E-state index >= 15 is 0 Å². The second kappa shape index (κ2) is 4.36. The van der Waals surface area contributed by atoms with E-state index in [1.165, 1.54) is 30.1 Å². The number of rotatable bonds is 1. The first-order valence-electron chi connectivity index (χ1n) is 3.53. The molecule has 0 aliphatic heterocycles. The molecular weight excluding hydrogens is 338 g/mol. The predicted molar refractivity (Wildman–Crippen MR) is 58.7 cm³/mol. The molecule has 2 atom stereocenters. The lowest BCUT2D eigenvalue weighted by Gasteiger charge is -2.23. The van der Waals surface area contributed by atoms with E-state index in [4.69, 9.17) is 0 Å². The highest BCUT2D eigenvalue weighted by molar-refractivity contribution is 14.1. The first-order valence-corrected chi connectivity index (χ1v) is 6.30. The third-order valence-electron chi connectivity index (χ3n) is 1.94. The maximum absolute atomic E-state index is 2.59. The Kier molecular flexibility index (Phi) is 4.15. The lowest BCUT2D eigenvalue weighted by Crippen LogP contribution is -2.15. The monoisotopic (exact) mass is 350 g/mol. The summed E-state index contributed by atoms with van der Waals surface area (Å²) < 4.78 is 2.35. The van der Waals surface area contributed by atoms with Gasteiger partial charge in [-0.3, -0.25) is 0 Å². The number of hydrogen-bond acceptors (Lipinski definition) is 0. The smallest absolute Gasteiger partial charge is 0.0112 e. The highest BCUT2D eigenvalue weighted by Crippen LogP contribution is 2.30. The van der Waals surface area contributed by atoms with Crippen molar-refractivity contribution >= 4 is 45.2 Å². The molecule has 0 heterocycles. The second-order valence-electron chi connectivity index (χ2n) is 2.78. The van der Waals surface area contributed by atoms with Gasteiger partial charge in [-0.15, -0.1) is 0 Å². The van der Waals surface area contributed by atoms with E-state index in [2.05, 4.69) is 45.2 Å². The molecule has 0 aromatic heterocycles. The molecule has 2 heteroatoms. The number of alkyl halides is 2. The van der Waals surface area contributed by atoms with Crippen molar-refractivity contribution in [1.29, 1.82) is 0 Å². The van der Waals surface area contributed by atoms with Crippen LogP contribution in [0.2, 0.25) is 0 Å². The molecule has 0 saturated heterocycles. The molecule has 9 heavy (non-hydrogen) atoms. The average molecular weight is 350 g/mol. The van der Waals surface area contributed by atoms with Gasteiger partial charge in [-0.1, -0.05) is 51.6 Å². The van der Waals surface area contributed by atoms with Crippen LogP contribution in [0.15, 0.2) is 0 Å². The van der Waals surface area contributed by atoms with E-state index in [1.54, 1.807) is 0 Å². The highest BCUT2D eigenvalue weighted by atomic mass is 127. The standard InChI is InChI=1S/C7H12I2/c8-5-6-2-1-3-7(9)4-6/h6-7H,1-5H2. The summed E-state index contributed by atoms with van der Waals surface area (Å²) in [6.07, 6.45) is 5.90. The Morgan fingerprint density at radius 1 is 1.33 bits per heavy atom. The predicted octanol–water partition coefficient (Wildman–Crippen LogP) is 3.42. The SMILES string of the molecule is ICC1CCCC(I)C1. The van der Waals surface area contributed by atoms with E-state index in [9.17, 15) is 0 Å². The van der Waals surface area contributed by atoms with Gasteiger partial charge in [-0.05, 0) is 25.2 Å². The fourth-order valence-corrected chi connectivity index (χ4v) is 3.33. The zero-order valence-electron chi connectivity index (χ0n) is 5.45. The third kappa shape index (κ3) is 2.91. The van der Waals surface area contributed by atoms with Crippen LogP contribution in [0.3, 0.4) is 0 Å². The lowest BCUT2D eigenvalue weighted by atomic mass is 9.91. The van der Waals surface area contributed by atoms with Crippen LogP contribution < -0.4 is 0 Å². The van der Waals surface area contributed by atoms with Crippen LogP contribution in [0.4, 0.5) is 0 Å². The minimum absolute atomic E-state index is 0.983. The third-order valence-corrected chi connectivity index (χ3v) is 4.31. The van der Waals surface area contributed by atoms with Crippen molar-refractivity contribution in [2.45, 2.75) is 29.6 Å². The van der Waals surface area contributed by atoms with E-state index in [0.29, 0.717) is 0 Å². The van der Waals surface area contributed by atoms with Gasteiger partial charge in [-0.2, -0.15) is 0 Å². The van der Waals surface area contributed by atoms with Crippen molar-refractivity contribution in [2.75, 3.05) is 4.43 Å². The summed E-state index contributed by atoms with van der Waals surface area (Å²) in [6.45, 7) is 0. The van der Waals surface area contributed by atoms with Gasteiger partial charge in [-0.25, -0.2) is 0 Å². The Morgan fingerprint density at radius 2 is 2.11 bits per heavy atom. The Labute approximate surface area is 84.4 Å². The maximum atomic E-state index is 2.59. The minimum Gasteiger partial charge on any atom is -0.0861 e. The van der Waals surface area contributed by atoms with Crippen LogP contribution >= 0.6 is 45.2 Å². The van der Waals surface area contributed by atoms with Crippen molar-refractivity contribution in [3.8, 4) is 0 Å². The molecule has 2 unspecified atom stereocenters. The molecule has 1 saturated carbocycles. The summed E-state index contributed by atoms with van der Waals surface area (Å²) in [5.41, 5.74) is 0. The van der Waals surface area contributed by atoms with Crippen molar-refractivity contribution in [3.05, 3.63) is 0 Å². The van der Waals surface area contributed by atoms with Gasteiger partial charge in [0, 0.05) is 8.35 Å². The van der Waals surface area contributed by atoms with Crippen LogP contribution in [0.1, 0.15) is 25.7 Å². The average Bonchev–Trinajstić information content (AvgIpc) is 1.88. The summed E-state index contributed by atoms with van der Waals surface area (Å²) >= 11 is 5.11. The molecule has 0 aromatic rings. The molecule has 0 bridgehead atoms. The van der Waals surface area contributed by atoms with Crippen LogP contribution in [-0.2, 0) is 0 Å². The van der Waals surface area contributed by atoms with Gasteiger partial charge >= 0.3 is 0 Å². The number of hydrogen-bond donors (Lipinski definition) is 0. The lowest BCUT2D eigenvalue weighted by molar-refractivity contribution is 0.412. The van der Waals surface area contributed by atoms with Gasteiger partial charge in [0.05, 0.1) is 0 Å².